The zero-order valence-corrected chi connectivity index (χ0v) is 19.1. The van der Waals surface area contributed by atoms with Gasteiger partial charge in [-0.3, -0.25) is 9.78 Å². The van der Waals surface area contributed by atoms with Crippen LogP contribution in [0, 0.1) is 5.92 Å². The minimum Gasteiger partial charge on any atom is -0.367 e. The maximum absolute atomic E-state index is 14.0. The molecule has 2 aromatic rings. The van der Waals surface area contributed by atoms with Crippen LogP contribution in [0.15, 0.2) is 30.6 Å². The number of anilines is 1. The topological polar surface area (TPSA) is 63.1 Å². The van der Waals surface area contributed by atoms with Crippen LogP contribution in [0.2, 0.25) is 0 Å². The number of pyridine rings is 1. The lowest BCUT2D eigenvalue weighted by Crippen LogP contribution is -2.48. The molecule has 0 aliphatic carbocycles. The number of carbonyl (C=O) groups is 1. The lowest BCUT2D eigenvalue weighted by molar-refractivity contribution is -0.133. The van der Waals surface area contributed by atoms with E-state index < -0.39 is 12.5 Å². The molecule has 0 aromatic carbocycles. The molecule has 0 saturated carbocycles. The van der Waals surface area contributed by atoms with Crippen molar-refractivity contribution in [3.63, 3.8) is 0 Å². The zero-order chi connectivity index (χ0) is 22.9. The minimum absolute atomic E-state index is 0.0973. The van der Waals surface area contributed by atoms with Gasteiger partial charge in [0.05, 0.1) is 5.69 Å². The summed E-state index contributed by atoms with van der Waals surface area (Å²) in [6.07, 6.45) is 4.28. The molecule has 1 N–H and O–H groups in total. The van der Waals surface area contributed by atoms with Gasteiger partial charge in [-0.05, 0) is 43.2 Å². The quantitative estimate of drug-likeness (QED) is 0.739. The second-order valence-corrected chi connectivity index (χ2v) is 10.1. The van der Waals surface area contributed by atoms with Gasteiger partial charge >= 0.3 is 0 Å². The number of aromatic nitrogens is 3. The van der Waals surface area contributed by atoms with E-state index in [1.54, 1.807) is 12.4 Å². The molecule has 4 rings (SSSR count). The van der Waals surface area contributed by atoms with Crippen molar-refractivity contribution in [1.82, 2.24) is 19.7 Å². The number of amides is 1. The minimum atomic E-state index is -2.48. The van der Waals surface area contributed by atoms with Crippen molar-refractivity contribution in [2.24, 2.45) is 5.92 Å². The summed E-state index contributed by atoms with van der Waals surface area (Å²) < 4.78 is 29.4. The Morgan fingerprint density at radius 1 is 1.34 bits per heavy atom. The van der Waals surface area contributed by atoms with Gasteiger partial charge in [0.15, 0.2) is 0 Å². The molecular weight excluding hydrogens is 412 g/mol. The Hall–Kier alpha value is -2.51. The van der Waals surface area contributed by atoms with Crippen molar-refractivity contribution >= 4 is 11.7 Å². The van der Waals surface area contributed by atoms with Gasteiger partial charge in [0.25, 0.3) is 6.43 Å². The van der Waals surface area contributed by atoms with Crippen LogP contribution < -0.4 is 5.32 Å². The first-order chi connectivity index (χ1) is 15.2. The smallest absolute Gasteiger partial charge is 0.260 e. The highest BCUT2D eigenvalue weighted by Gasteiger charge is 2.39. The second-order valence-electron chi connectivity index (χ2n) is 10.1. The van der Waals surface area contributed by atoms with Gasteiger partial charge < -0.3 is 10.2 Å². The number of aryl methyl sites for hydroxylation is 1. The molecule has 174 valence electrons. The van der Waals surface area contributed by atoms with Crippen LogP contribution in [0.3, 0.4) is 0 Å². The number of nitrogens with zero attached hydrogens (tertiary/aromatic N) is 4. The first-order valence-electron chi connectivity index (χ1n) is 11.5. The average Bonchev–Trinajstić information content (AvgIpc) is 3.22. The van der Waals surface area contributed by atoms with Crippen molar-refractivity contribution in [3.05, 3.63) is 41.9 Å². The monoisotopic (exact) mass is 445 g/mol. The molecule has 32 heavy (non-hydrogen) atoms. The Balaban J connectivity index is 1.43. The molecule has 1 amide bonds. The highest BCUT2D eigenvalue weighted by Crippen LogP contribution is 2.38. The van der Waals surface area contributed by atoms with Crippen LogP contribution in [0.4, 0.5) is 14.6 Å². The molecule has 1 saturated heterocycles. The highest BCUT2D eigenvalue weighted by atomic mass is 19.3. The summed E-state index contributed by atoms with van der Waals surface area (Å²) in [6.45, 7) is 7.45. The molecule has 8 heteroatoms. The average molecular weight is 446 g/mol. The van der Waals surface area contributed by atoms with Gasteiger partial charge in [-0.15, -0.1) is 0 Å². The van der Waals surface area contributed by atoms with E-state index in [-0.39, 0.29) is 23.3 Å². The normalized spacial score (nSPS) is 23.7. The maximum Gasteiger partial charge on any atom is 0.260 e. The molecule has 0 spiro atoms. The maximum atomic E-state index is 14.0. The third-order valence-electron chi connectivity index (χ3n) is 6.67. The largest absolute Gasteiger partial charge is 0.367 e. The van der Waals surface area contributed by atoms with E-state index in [4.69, 9.17) is 0 Å². The SMILES string of the molecule is CC(C)(C)c1cc2n(n1)[C@@H](C(F)F)C[C@@H]([C@@H]1CCCN(C(=O)CCc3cccnc3)C1)N2. The van der Waals surface area contributed by atoms with Crippen LogP contribution >= 0.6 is 0 Å². The second kappa shape index (κ2) is 9.16. The number of rotatable bonds is 5. The van der Waals surface area contributed by atoms with Crippen molar-refractivity contribution in [2.75, 3.05) is 18.4 Å². The van der Waals surface area contributed by atoms with Crippen LogP contribution in [0.25, 0.3) is 0 Å². The fourth-order valence-electron chi connectivity index (χ4n) is 4.77. The third kappa shape index (κ3) is 4.94. The molecule has 4 heterocycles. The first-order valence-corrected chi connectivity index (χ1v) is 11.5. The molecule has 3 atom stereocenters. The summed E-state index contributed by atoms with van der Waals surface area (Å²) in [5.41, 5.74) is 1.64. The molecule has 6 nitrogen and oxygen atoms in total. The number of hydrogen-bond acceptors (Lipinski definition) is 4. The summed E-state index contributed by atoms with van der Waals surface area (Å²) in [5, 5.41) is 7.99. The van der Waals surface area contributed by atoms with Crippen molar-refractivity contribution in [3.8, 4) is 0 Å². The Kier molecular flexibility index (Phi) is 6.49. The van der Waals surface area contributed by atoms with Gasteiger partial charge in [0.1, 0.15) is 11.9 Å². The number of halogens is 2. The van der Waals surface area contributed by atoms with Crippen LogP contribution in [-0.2, 0) is 16.6 Å². The van der Waals surface area contributed by atoms with Crippen molar-refractivity contribution in [1.29, 1.82) is 0 Å². The van der Waals surface area contributed by atoms with E-state index in [1.165, 1.54) is 4.68 Å². The van der Waals surface area contributed by atoms with E-state index >= 15 is 0 Å². The number of hydrogen-bond donors (Lipinski definition) is 1. The predicted octanol–water partition coefficient (Wildman–Crippen LogP) is 4.44. The highest BCUT2D eigenvalue weighted by molar-refractivity contribution is 5.76. The summed E-state index contributed by atoms with van der Waals surface area (Å²) >= 11 is 0. The fraction of sp³-hybridized carbons (Fsp3) is 0.625. The molecule has 2 aliphatic heterocycles. The number of fused-ring (bicyclic) bond motifs is 1. The van der Waals surface area contributed by atoms with Crippen LogP contribution in [0.1, 0.15) is 63.8 Å². The third-order valence-corrected chi connectivity index (χ3v) is 6.67. The first kappa shape index (κ1) is 22.7. The summed E-state index contributed by atoms with van der Waals surface area (Å²) in [6, 6.07) is 4.72. The van der Waals surface area contributed by atoms with Gasteiger partial charge in [0, 0.05) is 49.4 Å². The predicted molar refractivity (Wildman–Crippen MR) is 120 cm³/mol. The van der Waals surface area contributed by atoms with Gasteiger partial charge in [-0.2, -0.15) is 5.10 Å². The lowest BCUT2D eigenvalue weighted by Gasteiger charge is -2.41. The van der Waals surface area contributed by atoms with Crippen LogP contribution in [-0.4, -0.2) is 51.1 Å². The van der Waals surface area contributed by atoms with E-state index in [0.29, 0.717) is 31.6 Å². The molecule has 0 bridgehead atoms. The lowest BCUT2D eigenvalue weighted by atomic mass is 9.85. The number of likely N-dealkylation sites (tertiary alicyclic amines) is 1. The molecule has 2 aliphatic rings. The van der Waals surface area contributed by atoms with Crippen LogP contribution in [0.5, 0.6) is 0 Å². The van der Waals surface area contributed by atoms with E-state index in [0.717, 1.165) is 30.6 Å². The fourth-order valence-corrected chi connectivity index (χ4v) is 4.77. The summed E-state index contributed by atoms with van der Waals surface area (Å²) in [4.78, 5) is 18.9. The Morgan fingerprint density at radius 2 is 2.16 bits per heavy atom. The van der Waals surface area contributed by atoms with Gasteiger partial charge in [0.2, 0.25) is 5.91 Å². The Labute approximate surface area is 188 Å². The molecule has 2 aromatic heterocycles. The summed E-state index contributed by atoms with van der Waals surface area (Å²) in [5.74, 6) is 0.936. The van der Waals surface area contributed by atoms with Gasteiger partial charge in [-0.25, -0.2) is 13.5 Å². The van der Waals surface area contributed by atoms with E-state index in [1.807, 2.05) is 43.9 Å². The zero-order valence-electron chi connectivity index (χ0n) is 19.1. The van der Waals surface area contributed by atoms with Crippen molar-refractivity contribution < 1.29 is 13.6 Å². The number of carbonyl (C=O) groups excluding carboxylic acids is 1. The Bertz CT molecular complexity index is 924. The number of piperidine rings is 1. The molecule has 0 unspecified atom stereocenters. The molecule has 1 fully saturated rings. The van der Waals surface area contributed by atoms with Gasteiger partial charge in [-0.1, -0.05) is 26.8 Å². The number of nitrogens with one attached hydrogen (secondary N) is 1. The number of alkyl halides is 2. The van der Waals surface area contributed by atoms with E-state index in [9.17, 15) is 13.6 Å². The molecule has 0 radical (unpaired) electrons. The Morgan fingerprint density at radius 3 is 2.84 bits per heavy atom. The van der Waals surface area contributed by atoms with E-state index in [2.05, 4.69) is 15.4 Å². The summed E-state index contributed by atoms with van der Waals surface area (Å²) in [7, 11) is 0. The molecular formula is C24H33F2N5O. The van der Waals surface area contributed by atoms with Crippen molar-refractivity contribution in [2.45, 2.75) is 76.8 Å². The standard InChI is InChI=1S/C24H33F2N5O/c1-24(2,3)20-13-21-28-18(12-19(23(25)26)31(21)29-20)17-7-5-11-30(15-17)22(32)9-8-16-6-4-10-27-14-16/h4,6,10,13-14,17-19,23,28H,5,7-9,11-12,15H2,1-3H3/t17-,18+,19-/m1/s1.